The van der Waals surface area contributed by atoms with Gasteiger partial charge in [0.1, 0.15) is 42.7 Å². The Kier molecular flexibility index (Phi) is 6.27. The van der Waals surface area contributed by atoms with Crippen molar-refractivity contribution in [2.24, 2.45) is 5.73 Å². The Bertz CT molecular complexity index is 385. The van der Waals surface area contributed by atoms with Crippen molar-refractivity contribution in [1.82, 2.24) is 0 Å². The molecule has 0 saturated carbocycles. The van der Waals surface area contributed by atoms with Crippen molar-refractivity contribution in [2.75, 3.05) is 13.2 Å². The summed E-state index contributed by atoms with van der Waals surface area (Å²) >= 11 is 0. The number of rotatable bonds is 4. The molecule has 2 aliphatic heterocycles. The van der Waals surface area contributed by atoms with Crippen molar-refractivity contribution in [2.45, 2.75) is 61.3 Å². The van der Waals surface area contributed by atoms with Crippen LogP contribution < -0.4 is 5.73 Å². The van der Waals surface area contributed by atoms with Crippen molar-refractivity contribution in [3.8, 4) is 0 Å². The first-order chi connectivity index (χ1) is 10.8. The Morgan fingerprint density at radius 1 is 0.783 bits per heavy atom. The van der Waals surface area contributed by atoms with E-state index < -0.39 is 74.6 Å². The largest absolute Gasteiger partial charge is 0.394 e. The Morgan fingerprint density at radius 3 is 2.00 bits per heavy atom. The number of aliphatic hydroxyl groups is 7. The van der Waals surface area contributed by atoms with E-state index in [1.807, 2.05) is 0 Å². The smallest absolute Gasteiger partial charge is 0.186 e. The third-order valence-electron chi connectivity index (χ3n) is 4.04. The normalized spacial score (nSPS) is 51.7. The molecule has 2 heterocycles. The molecule has 0 aromatic heterocycles. The van der Waals surface area contributed by atoms with Gasteiger partial charge in [-0.1, -0.05) is 0 Å². The van der Waals surface area contributed by atoms with Crippen LogP contribution in [0.2, 0.25) is 0 Å². The van der Waals surface area contributed by atoms with Gasteiger partial charge in [0, 0.05) is 0 Å². The van der Waals surface area contributed by atoms with E-state index >= 15 is 0 Å². The third-order valence-corrected chi connectivity index (χ3v) is 4.04. The zero-order chi connectivity index (χ0) is 17.3. The first-order valence-corrected chi connectivity index (χ1v) is 7.15. The van der Waals surface area contributed by atoms with Crippen LogP contribution in [0, 0.1) is 0 Å². The van der Waals surface area contributed by atoms with Crippen LogP contribution in [0.5, 0.6) is 0 Å². The molecule has 0 spiro atoms. The summed E-state index contributed by atoms with van der Waals surface area (Å²) in [4.78, 5) is 0. The summed E-state index contributed by atoms with van der Waals surface area (Å²) in [5.41, 5.74) is 5.43. The molecule has 1 unspecified atom stereocenters. The highest BCUT2D eigenvalue weighted by Gasteiger charge is 2.46. The molecule has 11 heteroatoms. The minimum atomic E-state index is -1.61. The second kappa shape index (κ2) is 7.63. The average Bonchev–Trinajstić information content (AvgIpc) is 2.54. The summed E-state index contributed by atoms with van der Waals surface area (Å²) in [5.74, 6) is 0. The quantitative estimate of drug-likeness (QED) is 0.243. The van der Waals surface area contributed by atoms with Crippen LogP contribution >= 0.6 is 0 Å². The van der Waals surface area contributed by atoms with Crippen LogP contribution in [0.3, 0.4) is 0 Å². The zero-order valence-corrected chi connectivity index (χ0v) is 12.1. The summed E-state index contributed by atoms with van der Waals surface area (Å²) in [6.07, 6.45) is -12.8. The summed E-state index contributed by atoms with van der Waals surface area (Å²) in [7, 11) is 0. The second-order valence-electron chi connectivity index (χ2n) is 5.65. The molecule has 23 heavy (non-hydrogen) atoms. The van der Waals surface area contributed by atoms with Crippen LogP contribution in [0.4, 0.5) is 0 Å². The van der Waals surface area contributed by atoms with Gasteiger partial charge in [-0.15, -0.1) is 0 Å². The Morgan fingerprint density at radius 2 is 1.39 bits per heavy atom. The van der Waals surface area contributed by atoms with Crippen molar-refractivity contribution < 1.29 is 50.0 Å². The predicted molar refractivity (Wildman–Crippen MR) is 70.6 cm³/mol. The van der Waals surface area contributed by atoms with Crippen molar-refractivity contribution in [1.29, 1.82) is 0 Å². The lowest BCUT2D eigenvalue weighted by Crippen LogP contribution is -2.63. The lowest BCUT2D eigenvalue weighted by molar-refractivity contribution is -0.317. The molecule has 0 amide bonds. The van der Waals surface area contributed by atoms with Gasteiger partial charge in [-0.2, -0.15) is 0 Å². The van der Waals surface area contributed by atoms with Crippen molar-refractivity contribution in [3.63, 3.8) is 0 Å². The van der Waals surface area contributed by atoms with E-state index in [0.29, 0.717) is 0 Å². The zero-order valence-electron chi connectivity index (χ0n) is 12.1. The van der Waals surface area contributed by atoms with E-state index in [9.17, 15) is 30.6 Å². The summed E-state index contributed by atoms with van der Waals surface area (Å²) in [6, 6.07) is -1.19. The number of hydrogen-bond donors (Lipinski definition) is 8. The van der Waals surface area contributed by atoms with Gasteiger partial charge in [0.05, 0.1) is 19.3 Å². The van der Waals surface area contributed by atoms with Crippen LogP contribution in [0.1, 0.15) is 0 Å². The molecular weight excluding hydrogens is 318 g/mol. The number of ether oxygens (including phenoxy) is 3. The third kappa shape index (κ3) is 3.81. The van der Waals surface area contributed by atoms with Gasteiger partial charge in [-0.3, -0.25) is 0 Å². The molecule has 0 aliphatic carbocycles. The molecule has 0 aromatic rings. The monoisotopic (exact) mass is 341 g/mol. The fourth-order valence-electron chi connectivity index (χ4n) is 2.50. The standard InChI is InChI=1S/C12H23NO10/c13-5-8(17)7(16)4(22-11(5)20)2-21-12-10(19)9(18)6(15)3(1-14)23-12/h3-12,14-20H,1-2,13H2/t3-,4-,5-,6+,7-,8-,9+,10-,11?,12-/m1/s1. The van der Waals surface area contributed by atoms with Gasteiger partial charge >= 0.3 is 0 Å². The highest BCUT2D eigenvalue weighted by molar-refractivity contribution is 4.92. The molecule has 2 rings (SSSR count). The lowest BCUT2D eigenvalue weighted by Gasteiger charge is -2.42. The van der Waals surface area contributed by atoms with Gasteiger partial charge in [0.2, 0.25) is 0 Å². The summed E-state index contributed by atoms with van der Waals surface area (Å²) in [6.45, 7) is -1.02. The fourth-order valence-corrected chi connectivity index (χ4v) is 2.50. The maximum Gasteiger partial charge on any atom is 0.186 e. The molecule has 136 valence electrons. The number of aliphatic hydroxyl groups excluding tert-OH is 7. The average molecular weight is 341 g/mol. The first kappa shape index (κ1) is 18.9. The van der Waals surface area contributed by atoms with Gasteiger partial charge in [-0.25, -0.2) is 0 Å². The Hall–Kier alpha value is -0.440. The van der Waals surface area contributed by atoms with Crippen LogP contribution in [0.15, 0.2) is 0 Å². The van der Waals surface area contributed by atoms with Crippen LogP contribution in [-0.4, -0.2) is 110 Å². The first-order valence-electron chi connectivity index (χ1n) is 7.15. The van der Waals surface area contributed by atoms with Crippen LogP contribution in [-0.2, 0) is 14.2 Å². The SMILES string of the molecule is N[C@H]1C(O)O[C@H](CO[C@@H]2O[C@H](CO)[C@H](O)[C@H](O)[C@H]2O)[C@@H](O)[C@@H]1O. The Balaban J connectivity index is 1.94. The molecule has 2 saturated heterocycles. The maximum absolute atomic E-state index is 9.83. The van der Waals surface area contributed by atoms with Crippen molar-refractivity contribution >= 4 is 0 Å². The van der Waals surface area contributed by atoms with Gasteiger partial charge in [-0.05, 0) is 0 Å². The minimum Gasteiger partial charge on any atom is -0.394 e. The summed E-state index contributed by atoms with van der Waals surface area (Å²) < 4.78 is 15.3. The highest BCUT2D eigenvalue weighted by atomic mass is 16.7. The summed E-state index contributed by atoms with van der Waals surface area (Å²) in [5, 5.41) is 67.2. The molecule has 0 aromatic carbocycles. The molecule has 0 radical (unpaired) electrons. The maximum atomic E-state index is 9.83. The van der Waals surface area contributed by atoms with E-state index in [4.69, 9.17) is 25.1 Å². The lowest BCUT2D eigenvalue weighted by atomic mass is 9.97. The van der Waals surface area contributed by atoms with E-state index in [-0.39, 0.29) is 0 Å². The van der Waals surface area contributed by atoms with E-state index in [1.165, 1.54) is 0 Å². The minimum absolute atomic E-state index is 0.412. The van der Waals surface area contributed by atoms with Crippen LogP contribution in [0.25, 0.3) is 0 Å². The molecule has 10 atom stereocenters. The van der Waals surface area contributed by atoms with E-state index in [2.05, 4.69) is 0 Å². The highest BCUT2D eigenvalue weighted by Crippen LogP contribution is 2.24. The van der Waals surface area contributed by atoms with Gasteiger partial charge in [0.15, 0.2) is 12.6 Å². The van der Waals surface area contributed by atoms with Gasteiger partial charge in [0.25, 0.3) is 0 Å². The fraction of sp³-hybridized carbons (Fsp3) is 1.00. The molecule has 2 fully saturated rings. The van der Waals surface area contributed by atoms with E-state index in [0.717, 1.165) is 0 Å². The molecule has 9 N–H and O–H groups in total. The van der Waals surface area contributed by atoms with Crippen molar-refractivity contribution in [3.05, 3.63) is 0 Å². The number of hydrogen-bond acceptors (Lipinski definition) is 11. The second-order valence-corrected chi connectivity index (χ2v) is 5.65. The molecule has 0 bridgehead atoms. The molecule has 2 aliphatic rings. The molecule has 11 nitrogen and oxygen atoms in total. The van der Waals surface area contributed by atoms with Gasteiger partial charge < -0.3 is 55.7 Å². The predicted octanol–water partition coefficient (Wildman–Crippen LogP) is -5.43. The topological polar surface area (TPSA) is 195 Å². The number of nitrogens with two attached hydrogens (primary N) is 1. The van der Waals surface area contributed by atoms with E-state index in [1.54, 1.807) is 0 Å². The Labute approximate surface area is 131 Å². The molecular formula is C12H23NO10.